The summed E-state index contributed by atoms with van der Waals surface area (Å²) in [6.45, 7) is 3.71. The maximum absolute atomic E-state index is 12.5. The predicted octanol–water partition coefficient (Wildman–Crippen LogP) is 1.54. The molecule has 2 heterocycles. The van der Waals surface area contributed by atoms with Gasteiger partial charge in [0.1, 0.15) is 4.75 Å². The molecule has 3 rings (SSSR count). The standard InChI is InChI=1S/C16H25NO4S/c1-2-21-10-14-8-9-22(19,20)16(14)11-17(12-16)15(18)13-6-4-3-5-7-13/h6,14H,2-5,7-12H2,1H3. The minimum atomic E-state index is -3.12. The van der Waals surface area contributed by atoms with Crippen molar-refractivity contribution < 1.29 is 17.9 Å². The molecule has 5 nitrogen and oxygen atoms in total. The lowest BCUT2D eigenvalue weighted by atomic mass is 9.83. The summed E-state index contributed by atoms with van der Waals surface area (Å²) in [5, 5.41) is 0. The molecule has 0 aromatic rings. The van der Waals surface area contributed by atoms with Crippen LogP contribution in [0.5, 0.6) is 0 Å². The second-order valence-corrected chi connectivity index (χ2v) is 9.12. The Morgan fingerprint density at radius 3 is 2.82 bits per heavy atom. The smallest absolute Gasteiger partial charge is 0.249 e. The molecule has 0 saturated carbocycles. The van der Waals surface area contributed by atoms with Crippen LogP contribution in [-0.2, 0) is 19.4 Å². The summed E-state index contributed by atoms with van der Waals surface area (Å²) in [6.07, 6.45) is 6.68. The second-order valence-electron chi connectivity index (χ2n) is 6.67. The van der Waals surface area contributed by atoms with Crippen LogP contribution in [0.1, 0.15) is 39.0 Å². The average Bonchev–Trinajstić information content (AvgIpc) is 2.74. The van der Waals surface area contributed by atoms with E-state index < -0.39 is 14.6 Å². The zero-order valence-electron chi connectivity index (χ0n) is 13.2. The number of allylic oxidation sites excluding steroid dienone is 1. The Kier molecular flexibility index (Phi) is 4.34. The van der Waals surface area contributed by atoms with Gasteiger partial charge in [-0.25, -0.2) is 8.42 Å². The van der Waals surface area contributed by atoms with Crippen LogP contribution in [-0.4, -0.2) is 56.0 Å². The first-order valence-corrected chi connectivity index (χ1v) is 9.94. The topological polar surface area (TPSA) is 63.7 Å². The van der Waals surface area contributed by atoms with Gasteiger partial charge in [-0.3, -0.25) is 4.79 Å². The molecule has 0 N–H and O–H groups in total. The van der Waals surface area contributed by atoms with Gasteiger partial charge in [0.25, 0.3) is 0 Å². The first-order chi connectivity index (χ1) is 10.5. The van der Waals surface area contributed by atoms with E-state index in [-0.39, 0.29) is 17.6 Å². The van der Waals surface area contributed by atoms with Crippen LogP contribution in [0.2, 0.25) is 0 Å². The van der Waals surface area contributed by atoms with Gasteiger partial charge < -0.3 is 9.64 Å². The molecule has 1 spiro atoms. The van der Waals surface area contributed by atoms with Crippen LogP contribution in [0.4, 0.5) is 0 Å². The van der Waals surface area contributed by atoms with Gasteiger partial charge >= 0.3 is 0 Å². The molecule has 1 amide bonds. The first kappa shape index (κ1) is 16.0. The van der Waals surface area contributed by atoms with E-state index in [9.17, 15) is 13.2 Å². The number of nitrogens with zero attached hydrogens (tertiary/aromatic N) is 1. The van der Waals surface area contributed by atoms with E-state index in [1.165, 1.54) is 0 Å². The van der Waals surface area contributed by atoms with Gasteiger partial charge in [-0.1, -0.05) is 6.08 Å². The molecule has 22 heavy (non-hydrogen) atoms. The quantitative estimate of drug-likeness (QED) is 0.786. The maximum Gasteiger partial charge on any atom is 0.249 e. The molecule has 3 aliphatic rings. The van der Waals surface area contributed by atoms with Crippen molar-refractivity contribution in [2.75, 3.05) is 32.1 Å². The fourth-order valence-electron chi connectivity index (χ4n) is 3.95. The Morgan fingerprint density at radius 1 is 1.41 bits per heavy atom. The molecule has 2 aliphatic heterocycles. The number of rotatable bonds is 4. The Labute approximate surface area is 132 Å². The van der Waals surface area contributed by atoms with Crippen molar-refractivity contribution in [1.29, 1.82) is 0 Å². The number of carbonyl (C=O) groups excluding carboxylic acids is 1. The molecule has 2 fully saturated rings. The van der Waals surface area contributed by atoms with Crippen LogP contribution in [0, 0.1) is 5.92 Å². The Balaban J connectivity index is 1.70. The lowest BCUT2D eigenvalue weighted by Crippen LogP contribution is -2.69. The van der Waals surface area contributed by atoms with Crippen LogP contribution in [0.3, 0.4) is 0 Å². The van der Waals surface area contributed by atoms with Crippen molar-refractivity contribution in [2.45, 2.75) is 43.8 Å². The van der Waals surface area contributed by atoms with E-state index in [2.05, 4.69) is 0 Å². The molecule has 0 aromatic carbocycles. The molecular weight excluding hydrogens is 302 g/mol. The van der Waals surface area contributed by atoms with Crippen LogP contribution < -0.4 is 0 Å². The Morgan fingerprint density at radius 2 is 2.18 bits per heavy atom. The van der Waals surface area contributed by atoms with Gasteiger partial charge in [-0.2, -0.15) is 0 Å². The minimum Gasteiger partial charge on any atom is -0.381 e. The highest BCUT2D eigenvalue weighted by Gasteiger charge is 2.62. The van der Waals surface area contributed by atoms with Gasteiger partial charge in [-0.15, -0.1) is 0 Å². The minimum absolute atomic E-state index is 0.0295. The predicted molar refractivity (Wildman–Crippen MR) is 84.2 cm³/mol. The van der Waals surface area contributed by atoms with Gasteiger partial charge in [0.2, 0.25) is 5.91 Å². The third kappa shape index (κ3) is 2.50. The highest BCUT2D eigenvalue weighted by molar-refractivity contribution is 7.93. The summed E-state index contributed by atoms with van der Waals surface area (Å²) in [7, 11) is -3.12. The van der Waals surface area contributed by atoms with Gasteiger partial charge in [-0.05, 0) is 39.0 Å². The molecule has 6 heteroatoms. The third-order valence-electron chi connectivity index (χ3n) is 5.39. The molecule has 1 unspecified atom stereocenters. The number of likely N-dealkylation sites (tertiary alicyclic amines) is 1. The SMILES string of the molecule is CCOCC1CCS(=O)(=O)C12CN(C(=O)C1=CCCCC1)C2. The Bertz CT molecular complexity index is 575. The van der Waals surface area contributed by atoms with Crippen molar-refractivity contribution in [3.8, 4) is 0 Å². The van der Waals surface area contributed by atoms with E-state index in [1.54, 1.807) is 4.90 Å². The van der Waals surface area contributed by atoms with E-state index in [1.807, 2.05) is 13.0 Å². The summed E-state index contributed by atoms with van der Waals surface area (Å²) >= 11 is 0. The van der Waals surface area contributed by atoms with Crippen molar-refractivity contribution in [3.05, 3.63) is 11.6 Å². The van der Waals surface area contributed by atoms with Gasteiger partial charge in [0.15, 0.2) is 9.84 Å². The zero-order valence-corrected chi connectivity index (χ0v) is 14.0. The number of sulfone groups is 1. The van der Waals surface area contributed by atoms with Crippen molar-refractivity contribution in [3.63, 3.8) is 0 Å². The molecule has 0 radical (unpaired) electrons. The molecule has 2 saturated heterocycles. The van der Waals surface area contributed by atoms with E-state index >= 15 is 0 Å². The summed E-state index contributed by atoms with van der Waals surface area (Å²) < 4.78 is 29.7. The summed E-state index contributed by atoms with van der Waals surface area (Å²) in [6, 6.07) is 0. The number of hydrogen-bond acceptors (Lipinski definition) is 4. The van der Waals surface area contributed by atoms with Crippen LogP contribution >= 0.6 is 0 Å². The second kappa shape index (κ2) is 5.96. The van der Waals surface area contributed by atoms with E-state index in [0.29, 0.717) is 32.7 Å². The fraction of sp³-hybridized carbons (Fsp3) is 0.812. The zero-order chi connectivity index (χ0) is 15.8. The van der Waals surface area contributed by atoms with Crippen LogP contribution in [0.15, 0.2) is 11.6 Å². The van der Waals surface area contributed by atoms with E-state index in [0.717, 1.165) is 31.3 Å². The molecule has 0 aromatic heterocycles. The highest BCUT2D eigenvalue weighted by Crippen LogP contribution is 2.45. The van der Waals surface area contributed by atoms with E-state index in [4.69, 9.17) is 4.74 Å². The monoisotopic (exact) mass is 327 g/mol. The molecule has 0 bridgehead atoms. The normalized spacial score (nSPS) is 29.2. The number of ether oxygens (including phenoxy) is 1. The summed E-state index contributed by atoms with van der Waals surface area (Å²) in [5.41, 5.74) is 0.873. The van der Waals surface area contributed by atoms with Crippen molar-refractivity contribution >= 4 is 15.7 Å². The van der Waals surface area contributed by atoms with Crippen molar-refractivity contribution in [1.82, 2.24) is 4.90 Å². The largest absolute Gasteiger partial charge is 0.381 e. The average molecular weight is 327 g/mol. The number of amides is 1. The van der Waals surface area contributed by atoms with Gasteiger partial charge in [0.05, 0.1) is 12.4 Å². The Hall–Kier alpha value is -0.880. The van der Waals surface area contributed by atoms with Gasteiger partial charge in [0, 0.05) is 31.2 Å². The highest BCUT2D eigenvalue weighted by atomic mass is 32.2. The molecule has 1 atom stereocenters. The summed E-state index contributed by atoms with van der Waals surface area (Å²) in [4.78, 5) is 14.2. The lowest BCUT2D eigenvalue weighted by molar-refractivity contribution is -0.133. The fourth-order valence-corrected chi connectivity index (χ4v) is 6.35. The summed E-state index contributed by atoms with van der Waals surface area (Å²) in [5.74, 6) is 0.305. The maximum atomic E-state index is 12.5. The molecule has 1 aliphatic carbocycles. The van der Waals surface area contributed by atoms with Crippen LogP contribution in [0.25, 0.3) is 0 Å². The third-order valence-corrected chi connectivity index (χ3v) is 7.99. The molecular formula is C16H25NO4S. The number of hydrogen-bond donors (Lipinski definition) is 0. The van der Waals surface area contributed by atoms with Crippen molar-refractivity contribution in [2.24, 2.45) is 5.92 Å². The molecule has 124 valence electrons. The first-order valence-electron chi connectivity index (χ1n) is 8.28. The lowest BCUT2D eigenvalue weighted by Gasteiger charge is -2.50. The number of carbonyl (C=O) groups is 1.